The molecule has 0 aliphatic heterocycles. The van der Waals surface area contributed by atoms with Gasteiger partial charge in [-0.15, -0.1) is 0 Å². The van der Waals surface area contributed by atoms with Crippen molar-refractivity contribution >= 4 is 17.5 Å². The lowest BCUT2D eigenvalue weighted by Gasteiger charge is -2.09. The first-order valence-electron chi connectivity index (χ1n) is 6.99. The molecule has 0 amide bonds. The van der Waals surface area contributed by atoms with E-state index in [9.17, 15) is 0 Å². The number of nitrogens with zero attached hydrogens (tertiary/aromatic N) is 1. The summed E-state index contributed by atoms with van der Waals surface area (Å²) in [7, 11) is 3.65. The van der Waals surface area contributed by atoms with Gasteiger partial charge < -0.3 is 10.1 Å². The predicted octanol–water partition coefficient (Wildman–Crippen LogP) is 4.19. The number of ether oxygens (including phenoxy) is 1. The van der Waals surface area contributed by atoms with Crippen LogP contribution in [0.5, 0.6) is 5.75 Å². The standard InChI is InChI=1S/C17H22N2OS/c1-5-13(2)17-10-14(11-18-3)12-19(17)21-16-8-6-15(20-4)7-9-16/h5-10,12,18H,11H2,1-4H3/b13-5+. The fourth-order valence-corrected chi connectivity index (χ4v) is 3.03. The Bertz CT molecular complexity index is 614. The SMILES string of the molecule is C/C=C(\C)c1cc(CNC)cn1Sc1ccc(OC)cc1. The van der Waals surface area contributed by atoms with Crippen LogP contribution >= 0.6 is 11.9 Å². The van der Waals surface area contributed by atoms with Crippen LogP contribution in [-0.2, 0) is 6.54 Å². The number of aromatic nitrogens is 1. The van der Waals surface area contributed by atoms with Gasteiger partial charge in [0.2, 0.25) is 0 Å². The summed E-state index contributed by atoms with van der Waals surface area (Å²) in [6, 6.07) is 10.4. The zero-order valence-electron chi connectivity index (χ0n) is 13.0. The summed E-state index contributed by atoms with van der Waals surface area (Å²) in [4.78, 5) is 1.19. The minimum atomic E-state index is 0.875. The van der Waals surface area contributed by atoms with E-state index in [1.165, 1.54) is 21.7 Å². The average molecular weight is 302 g/mol. The van der Waals surface area contributed by atoms with Crippen LogP contribution in [-0.4, -0.2) is 18.1 Å². The fraction of sp³-hybridized carbons (Fsp3) is 0.294. The van der Waals surface area contributed by atoms with Gasteiger partial charge in [-0.3, -0.25) is 3.97 Å². The first kappa shape index (κ1) is 15.7. The number of methoxy groups -OCH3 is 1. The predicted molar refractivity (Wildman–Crippen MR) is 90.8 cm³/mol. The highest BCUT2D eigenvalue weighted by Crippen LogP contribution is 2.29. The molecule has 0 fully saturated rings. The van der Waals surface area contributed by atoms with E-state index in [-0.39, 0.29) is 0 Å². The Kier molecular flexibility index (Phi) is 5.53. The van der Waals surface area contributed by atoms with E-state index in [1.54, 1.807) is 19.1 Å². The van der Waals surface area contributed by atoms with Crippen LogP contribution < -0.4 is 10.1 Å². The molecule has 0 aliphatic rings. The molecule has 0 aliphatic carbocycles. The maximum Gasteiger partial charge on any atom is 0.118 e. The van der Waals surface area contributed by atoms with Crippen molar-refractivity contribution in [1.29, 1.82) is 0 Å². The van der Waals surface area contributed by atoms with Crippen LogP contribution in [0.1, 0.15) is 25.1 Å². The zero-order chi connectivity index (χ0) is 15.2. The summed E-state index contributed by atoms with van der Waals surface area (Å²) in [5.74, 6) is 0.882. The van der Waals surface area contributed by atoms with E-state index >= 15 is 0 Å². The normalized spacial score (nSPS) is 11.7. The van der Waals surface area contributed by atoms with Crippen LogP contribution in [0.3, 0.4) is 0 Å². The molecule has 0 bridgehead atoms. The van der Waals surface area contributed by atoms with Crippen molar-refractivity contribution in [2.45, 2.75) is 25.3 Å². The molecule has 0 saturated carbocycles. The number of hydrogen-bond donors (Lipinski definition) is 1. The lowest BCUT2D eigenvalue weighted by Crippen LogP contribution is -2.03. The Morgan fingerprint density at radius 1 is 1.33 bits per heavy atom. The van der Waals surface area contributed by atoms with Gasteiger partial charge in [-0.1, -0.05) is 6.08 Å². The van der Waals surface area contributed by atoms with Gasteiger partial charge in [0, 0.05) is 17.6 Å². The van der Waals surface area contributed by atoms with Gasteiger partial charge in [-0.2, -0.15) is 0 Å². The fourth-order valence-electron chi connectivity index (χ4n) is 2.06. The van der Waals surface area contributed by atoms with E-state index < -0.39 is 0 Å². The highest BCUT2D eigenvalue weighted by molar-refractivity contribution is 7.97. The highest BCUT2D eigenvalue weighted by atomic mass is 32.2. The molecular weight excluding hydrogens is 280 g/mol. The zero-order valence-corrected chi connectivity index (χ0v) is 13.8. The van der Waals surface area contributed by atoms with Crippen LogP contribution in [0.4, 0.5) is 0 Å². The molecule has 0 atom stereocenters. The number of hydrogen-bond acceptors (Lipinski definition) is 3. The number of nitrogens with one attached hydrogen (secondary N) is 1. The van der Waals surface area contributed by atoms with Crippen molar-refractivity contribution < 1.29 is 4.74 Å². The largest absolute Gasteiger partial charge is 0.497 e. The van der Waals surface area contributed by atoms with Crippen molar-refractivity contribution in [3.8, 4) is 5.75 Å². The summed E-state index contributed by atoms with van der Waals surface area (Å²) >= 11 is 1.72. The molecule has 21 heavy (non-hydrogen) atoms. The molecule has 3 nitrogen and oxygen atoms in total. The van der Waals surface area contributed by atoms with Crippen molar-refractivity contribution in [3.05, 3.63) is 53.9 Å². The van der Waals surface area contributed by atoms with Crippen molar-refractivity contribution in [1.82, 2.24) is 9.29 Å². The summed E-state index contributed by atoms with van der Waals surface area (Å²) in [6.07, 6.45) is 4.33. The van der Waals surface area contributed by atoms with Gasteiger partial charge in [-0.25, -0.2) is 0 Å². The molecule has 0 unspecified atom stereocenters. The Morgan fingerprint density at radius 2 is 2.05 bits per heavy atom. The van der Waals surface area contributed by atoms with E-state index in [4.69, 9.17) is 4.74 Å². The lowest BCUT2D eigenvalue weighted by atomic mass is 10.2. The molecule has 2 rings (SSSR count). The molecule has 1 aromatic carbocycles. The summed E-state index contributed by atoms with van der Waals surface area (Å²) < 4.78 is 7.43. The average Bonchev–Trinajstić information content (AvgIpc) is 2.90. The summed E-state index contributed by atoms with van der Waals surface area (Å²) in [5, 5.41) is 3.20. The first-order valence-corrected chi connectivity index (χ1v) is 7.76. The summed E-state index contributed by atoms with van der Waals surface area (Å²) in [5.41, 5.74) is 3.80. The first-order chi connectivity index (χ1) is 10.2. The minimum Gasteiger partial charge on any atom is -0.497 e. The van der Waals surface area contributed by atoms with Crippen molar-refractivity contribution in [2.75, 3.05) is 14.2 Å². The number of benzene rings is 1. The molecule has 1 heterocycles. The third kappa shape index (κ3) is 3.93. The molecule has 1 N–H and O–H groups in total. The van der Waals surface area contributed by atoms with Crippen LogP contribution in [0.25, 0.3) is 5.57 Å². The van der Waals surface area contributed by atoms with Gasteiger partial charge in [0.05, 0.1) is 12.8 Å². The minimum absolute atomic E-state index is 0.875. The van der Waals surface area contributed by atoms with Crippen molar-refractivity contribution in [2.24, 2.45) is 0 Å². The Labute approximate surface area is 131 Å². The van der Waals surface area contributed by atoms with Gasteiger partial charge in [0.1, 0.15) is 5.75 Å². The third-order valence-electron chi connectivity index (χ3n) is 3.32. The Balaban J connectivity index is 2.28. The quantitative estimate of drug-likeness (QED) is 0.866. The Morgan fingerprint density at radius 3 is 2.62 bits per heavy atom. The van der Waals surface area contributed by atoms with Crippen LogP contribution in [0.2, 0.25) is 0 Å². The monoisotopic (exact) mass is 302 g/mol. The topological polar surface area (TPSA) is 26.2 Å². The molecule has 2 aromatic rings. The lowest BCUT2D eigenvalue weighted by molar-refractivity contribution is 0.414. The molecule has 112 valence electrons. The molecular formula is C17H22N2OS. The third-order valence-corrected chi connectivity index (χ3v) is 4.31. The second-order valence-electron chi connectivity index (χ2n) is 4.83. The van der Waals surface area contributed by atoms with Gasteiger partial charge >= 0.3 is 0 Å². The molecule has 0 spiro atoms. The van der Waals surface area contributed by atoms with Crippen molar-refractivity contribution in [3.63, 3.8) is 0 Å². The molecule has 1 aromatic heterocycles. The second-order valence-corrected chi connectivity index (χ2v) is 5.88. The maximum absolute atomic E-state index is 5.20. The second kappa shape index (κ2) is 7.38. The van der Waals surface area contributed by atoms with E-state index in [0.29, 0.717) is 0 Å². The van der Waals surface area contributed by atoms with E-state index in [2.05, 4.69) is 53.6 Å². The number of allylic oxidation sites excluding steroid dienone is 2. The van der Waals surface area contributed by atoms with E-state index in [0.717, 1.165) is 12.3 Å². The van der Waals surface area contributed by atoms with Crippen LogP contribution in [0.15, 0.2) is 47.5 Å². The Hall–Kier alpha value is -1.65. The highest BCUT2D eigenvalue weighted by Gasteiger charge is 2.08. The van der Waals surface area contributed by atoms with Gasteiger partial charge in [0.25, 0.3) is 0 Å². The molecule has 0 radical (unpaired) electrons. The van der Waals surface area contributed by atoms with Gasteiger partial charge in [0.15, 0.2) is 0 Å². The summed E-state index contributed by atoms with van der Waals surface area (Å²) in [6.45, 7) is 5.09. The molecule has 4 heteroatoms. The van der Waals surface area contributed by atoms with Crippen LogP contribution in [0, 0.1) is 0 Å². The van der Waals surface area contributed by atoms with E-state index in [1.807, 2.05) is 19.2 Å². The molecule has 0 saturated heterocycles. The van der Waals surface area contributed by atoms with Gasteiger partial charge in [-0.05, 0) is 74.3 Å². The maximum atomic E-state index is 5.20. The number of rotatable bonds is 6. The smallest absolute Gasteiger partial charge is 0.118 e.